The second-order valence-corrected chi connectivity index (χ2v) is 6.45. The van der Waals surface area contributed by atoms with Crippen molar-refractivity contribution < 1.29 is 9.53 Å². The van der Waals surface area contributed by atoms with Gasteiger partial charge in [-0.1, -0.05) is 0 Å². The summed E-state index contributed by atoms with van der Waals surface area (Å²) >= 11 is 0. The van der Waals surface area contributed by atoms with E-state index in [1.807, 2.05) is 33.9 Å². The lowest BCUT2D eigenvalue weighted by molar-refractivity contribution is 0.0206. The van der Waals surface area contributed by atoms with E-state index < -0.39 is 5.60 Å². The van der Waals surface area contributed by atoms with Crippen molar-refractivity contribution in [3.05, 3.63) is 12.4 Å². The number of nitrogens with zero attached hydrogens (tertiary/aromatic N) is 3. The lowest BCUT2D eigenvalue weighted by Gasteiger charge is -2.34. The third kappa shape index (κ3) is 4.75. The lowest BCUT2D eigenvalue weighted by atomic mass is 10.1. The van der Waals surface area contributed by atoms with Gasteiger partial charge in [0, 0.05) is 32.2 Å². The van der Waals surface area contributed by atoms with E-state index in [2.05, 4.69) is 20.6 Å². The van der Waals surface area contributed by atoms with Gasteiger partial charge in [-0.05, 0) is 33.6 Å². The second-order valence-electron chi connectivity index (χ2n) is 6.45. The molecule has 1 aromatic heterocycles. The molecule has 2 rings (SSSR count). The van der Waals surface area contributed by atoms with Crippen molar-refractivity contribution in [1.82, 2.24) is 14.9 Å². The molecule has 0 spiro atoms. The Hall–Kier alpha value is -2.05. The maximum atomic E-state index is 12.2. The normalized spacial score (nSPS) is 18.7. The molecule has 0 radical (unpaired) electrons. The number of hydrogen-bond donors (Lipinski definition) is 2. The van der Waals surface area contributed by atoms with Crippen LogP contribution in [0.4, 0.5) is 16.4 Å². The van der Waals surface area contributed by atoms with Gasteiger partial charge in [-0.3, -0.25) is 0 Å². The maximum absolute atomic E-state index is 12.2. The van der Waals surface area contributed by atoms with E-state index in [-0.39, 0.29) is 12.1 Å². The van der Waals surface area contributed by atoms with Gasteiger partial charge in [0.15, 0.2) is 0 Å². The van der Waals surface area contributed by atoms with Crippen LogP contribution in [0.25, 0.3) is 0 Å². The van der Waals surface area contributed by atoms with Crippen LogP contribution in [0.1, 0.15) is 33.6 Å². The Balaban J connectivity index is 1.94. The molecule has 2 N–H and O–H groups in total. The number of aromatic nitrogens is 2. The number of carbonyl (C=O) groups is 1. The zero-order valence-electron chi connectivity index (χ0n) is 13.7. The summed E-state index contributed by atoms with van der Waals surface area (Å²) in [5, 5.41) is 6.34. The number of nitrogens with one attached hydrogen (secondary N) is 2. The van der Waals surface area contributed by atoms with Crippen LogP contribution in [-0.4, -0.2) is 52.7 Å². The first-order chi connectivity index (χ1) is 10.4. The SMILES string of the molecule is CNc1cc(NC2CCCN(C(=O)OC(C)(C)C)C2)ncn1. The predicted octanol–water partition coefficient (Wildman–Crippen LogP) is 2.33. The summed E-state index contributed by atoms with van der Waals surface area (Å²) in [6.45, 7) is 6.99. The number of piperidine rings is 1. The largest absolute Gasteiger partial charge is 0.444 e. The minimum absolute atomic E-state index is 0.167. The Morgan fingerprint density at radius 1 is 1.36 bits per heavy atom. The molecule has 0 saturated carbocycles. The fraction of sp³-hybridized carbons (Fsp3) is 0.667. The molecule has 1 unspecified atom stereocenters. The number of anilines is 2. The number of rotatable bonds is 3. The lowest BCUT2D eigenvalue weighted by Crippen LogP contribution is -2.47. The molecule has 1 saturated heterocycles. The van der Waals surface area contributed by atoms with Gasteiger partial charge in [0.05, 0.1) is 0 Å². The molecule has 7 heteroatoms. The van der Waals surface area contributed by atoms with Crippen molar-refractivity contribution in [3.63, 3.8) is 0 Å². The molecular weight excluding hydrogens is 282 g/mol. The highest BCUT2D eigenvalue weighted by Crippen LogP contribution is 2.18. The quantitative estimate of drug-likeness (QED) is 0.892. The minimum Gasteiger partial charge on any atom is -0.444 e. The summed E-state index contributed by atoms with van der Waals surface area (Å²) in [5.74, 6) is 1.52. The molecule has 0 bridgehead atoms. The molecule has 22 heavy (non-hydrogen) atoms. The van der Waals surface area contributed by atoms with E-state index in [1.54, 1.807) is 4.90 Å². The Bertz CT molecular complexity index is 515. The first-order valence-electron chi connectivity index (χ1n) is 7.61. The van der Waals surface area contributed by atoms with E-state index in [1.165, 1.54) is 6.33 Å². The summed E-state index contributed by atoms with van der Waals surface area (Å²) in [6, 6.07) is 2.02. The average Bonchev–Trinajstić information content (AvgIpc) is 2.46. The highest BCUT2D eigenvalue weighted by Gasteiger charge is 2.27. The van der Waals surface area contributed by atoms with E-state index in [0.29, 0.717) is 6.54 Å². The van der Waals surface area contributed by atoms with E-state index >= 15 is 0 Å². The fourth-order valence-corrected chi connectivity index (χ4v) is 2.37. The highest BCUT2D eigenvalue weighted by molar-refractivity contribution is 5.68. The maximum Gasteiger partial charge on any atom is 0.410 e. The van der Waals surface area contributed by atoms with Crippen molar-refractivity contribution in [2.45, 2.75) is 45.3 Å². The first-order valence-corrected chi connectivity index (χ1v) is 7.61. The number of ether oxygens (including phenoxy) is 1. The van der Waals surface area contributed by atoms with Gasteiger partial charge in [-0.15, -0.1) is 0 Å². The van der Waals surface area contributed by atoms with Crippen LogP contribution in [0, 0.1) is 0 Å². The van der Waals surface area contributed by atoms with Crippen molar-refractivity contribution in [2.75, 3.05) is 30.8 Å². The molecule has 1 atom stereocenters. The van der Waals surface area contributed by atoms with Crippen LogP contribution in [0.5, 0.6) is 0 Å². The second kappa shape index (κ2) is 6.81. The number of carbonyl (C=O) groups excluding carboxylic acids is 1. The third-order valence-electron chi connectivity index (χ3n) is 3.35. The zero-order valence-corrected chi connectivity index (χ0v) is 13.7. The molecule has 1 aromatic rings. The monoisotopic (exact) mass is 307 g/mol. The van der Waals surface area contributed by atoms with Gasteiger partial charge < -0.3 is 20.3 Å². The van der Waals surface area contributed by atoms with Crippen molar-refractivity contribution in [1.29, 1.82) is 0 Å². The van der Waals surface area contributed by atoms with Crippen LogP contribution in [0.3, 0.4) is 0 Å². The van der Waals surface area contributed by atoms with Crippen molar-refractivity contribution in [2.24, 2.45) is 0 Å². The average molecular weight is 307 g/mol. The van der Waals surface area contributed by atoms with E-state index in [0.717, 1.165) is 31.0 Å². The zero-order chi connectivity index (χ0) is 16.2. The van der Waals surface area contributed by atoms with Crippen LogP contribution >= 0.6 is 0 Å². The summed E-state index contributed by atoms with van der Waals surface area (Å²) in [4.78, 5) is 22.2. The number of hydrogen-bond acceptors (Lipinski definition) is 6. The molecule has 0 aromatic carbocycles. The summed E-state index contributed by atoms with van der Waals surface area (Å²) in [6.07, 6.45) is 3.21. The first kappa shape index (κ1) is 16.3. The van der Waals surface area contributed by atoms with Crippen LogP contribution < -0.4 is 10.6 Å². The number of amides is 1. The Kier molecular flexibility index (Phi) is 5.05. The van der Waals surface area contributed by atoms with Gasteiger partial charge in [-0.25, -0.2) is 14.8 Å². The molecule has 122 valence electrons. The Labute approximate surface area is 131 Å². The van der Waals surface area contributed by atoms with Crippen LogP contribution in [0.2, 0.25) is 0 Å². The molecule has 1 amide bonds. The van der Waals surface area contributed by atoms with Gasteiger partial charge in [-0.2, -0.15) is 0 Å². The van der Waals surface area contributed by atoms with Crippen LogP contribution in [-0.2, 0) is 4.74 Å². The van der Waals surface area contributed by atoms with Gasteiger partial charge in [0.2, 0.25) is 0 Å². The molecule has 1 aliphatic heterocycles. The van der Waals surface area contributed by atoms with Crippen molar-refractivity contribution in [3.8, 4) is 0 Å². The Morgan fingerprint density at radius 3 is 2.77 bits per heavy atom. The number of likely N-dealkylation sites (tertiary alicyclic amines) is 1. The summed E-state index contributed by atoms with van der Waals surface area (Å²) in [7, 11) is 1.82. The Morgan fingerprint density at radius 2 is 2.09 bits per heavy atom. The summed E-state index contributed by atoms with van der Waals surface area (Å²) < 4.78 is 5.44. The van der Waals surface area contributed by atoms with Gasteiger partial charge >= 0.3 is 6.09 Å². The fourth-order valence-electron chi connectivity index (χ4n) is 2.37. The molecule has 2 heterocycles. The van der Waals surface area contributed by atoms with Gasteiger partial charge in [0.1, 0.15) is 23.6 Å². The van der Waals surface area contributed by atoms with E-state index in [9.17, 15) is 4.79 Å². The minimum atomic E-state index is -0.466. The van der Waals surface area contributed by atoms with E-state index in [4.69, 9.17) is 4.74 Å². The van der Waals surface area contributed by atoms with Crippen molar-refractivity contribution >= 4 is 17.7 Å². The van der Waals surface area contributed by atoms with Gasteiger partial charge in [0.25, 0.3) is 0 Å². The summed E-state index contributed by atoms with van der Waals surface area (Å²) in [5.41, 5.74) is -0.466. The van der Waals surface area contributed by atoms with Crippen LogP contribution in [0.15, 0.2) is 12.4 Å². The topological polar surface area (TPSA) is 79.4 Å². The molecule has 1 aliphatic rings. The third-order valence-corrected chi connectivity index (χ3v) is 3.35. The molecule has 1 fully saturated rings. The molecule has 0 aliphatic carbocycles. The molecule has 7 nitrogen and oxygen atoms in total. The molecular formula is C15H25N5O2. The smallest absolute Gasteiger partial charge is 0.410 e. The highest BCUT2D eigenvalue weighted by atomic mass is 16.6. The standard InChI is InChI=1S/C15H25N5O2/c1-15(2,3)22-14(21)20-7-5-6-11(9-20)19-13-8-12(16-4)17-10-18-13/h8,10-11H,5-7,9H2,1-4H3,(H2,16,17,18,19). The predicted molar refractivity (Wildman–Crippen MR) is 86.0 cm³/mol.